The Kier molecular flexibility index (Phi) is 2.73. The lowest BCUT2D eigenvalue weighted by Gasteiger charge is -2.26. The average Bonchev–Trinajstić information content (AvgIpc) is 2.54. The summed E-state index contributed by atoms with van der Waals surface area (Å²) in [5, 5.41) is 0. The zero-order valence-electron chi connectivity index (χ0n) is 10.8. The van der Waals surface area contributed by atoms with Crippen molar-refractivity contribution >= 4 is 23.0 Å². The fourth-order valence-corrected chi connectivity index (χ4v) is 2.21. The van der Waals surface area contributed by atoms with Crippen LogP contribution in [0.2, 0.25) is 0 Å². The lowest BCUT2D eigenvalue weighted by molar-refractivity contribution is -0.119. The first-order chi connectivity index (χ1) is 8.33. The number of hydrogen-bond acceptors (Lipinski definition) is 4. The minimum atomic E-state index is -0.550. The van der Waals surface area contributed by atoms with E-state index >= 15 is 0 Å². The minimum absolute atomic E-state index is 0.179. The van der Waals surface area contributed by atoms with Gasteiger partial charge in [0.1, 0.15) is 5.52 Å². The normalized spacial score (nSPS) is 11.9. The van der Waals surface area contributed by atoms with Gasteiger partial charge < -0.3 is 11.5 Å². The molecule has 0 fully saturated rings. The van der Waals surface area contributed by atoms with Crippen LogP contribution < -0.4 is 11.5 Å². The highest BCUT2D eigenvalue weighted by Crippen LogP contribution is 2.29. The molecule has 18 heavy (non-hydrogen) atoms. The molecule has 96 valence electrons. The van der Waals surface area contributed by atoms with Gasteiger partial charge in [-0.25, -0.2) is 9.97 Å². The Morgan fingerprint density at radius 1 is 1.50 bits per heavy atom. The van der Waals surface area contributed by atoms with Crippen LogP contribution in [-0.2, 0) is 10.3 Å². The maximum atomic E-state index is 11.2. The summed E-state index contributed by atoms with van der Waals surface area (Å²) in [7, 11) is 0. The van der Waals surface area contributed by atoms with Crippen LogP contribution in [0.1, 0.15) is 25.8 Å². The number of pyridine rings is 1. The summed E-state index contributed by atoms with van der Waals surface area (Å²) in [6, 6.07) is 1.88. The van der Waals surface area contributed by atoms with E-state index in [2.05, 4.69) is 9.97 Å². The molecule has 6 heteroatoms. The molecule has 0 saturated carbocycles. The Morgan fingerprint density at radius 3 is 2.78 bits per heavy atom. The van der Waals surface area contributed by atoms with Gasteiger partial charge in [0.15, 0.2) is 5.65 Å². The van der Waals surface area contributed by atoms with Crippen LogP contribution in [-0.4, -0.2) is 20.4 Å². The van der Waals surface area contributed by atoms with E-state index in [9.17, 15) is 4.79 Å². The van der Waals surface area contributed by atoms with Gasteiger partial charge in [0, 0.05) is 12.6 Å². The number of fused-ring (bicyclic) bond motifs is 1. The van der Waals surface area contributed by atoms with Gasteiger partial charge in [-0.15, -0.1) is 0 Å². The van der Waals surface area contributed by atoms with E-state index in [0.717, 1.165) is 11.1 Å². The number of aryl methyl sites for hydroxylation is 1. The van der Waals surface area contributed by atoms with E-state index in [-0.39, 0.29) is 12.3 Å². The average molecular weight is 247 g/mol. The van der Waals surface area contributed by atoms with Gasteiger partial charge in [-0.3, -0.25) is 9.36 Å². The lowest BCUT2D eigenvalue weighted by atomic mass is 10.00. The molecule has 0 spiro atoms. The Bertz CT molecular complexity index is 614. The molecule has 0 radical (unpaired) electrons. The third kappa shape index (κ3) is 1.90. The fourth-order valence-electron chi connectivity index (χ4n) is 2.21. The summed E-state index contributed by atoms with van der Waals surface area (Å²) in [4.78, 5) is 19.8. The summed E-state index contributed by atoms with van der Waals surface area (Å²) in [6.07, 6.45) is 1.88. The van der Waals surface area contributed by atoms with Crippen molar-refractivity contribution in [2.24, 2.45) is 5.73 Å². The second-order valence-corrected chi connectivity index (χ2v) is 5.06. The molecule has 2 rings (SSSR count). The standard InChI is InChI=1S/C12H17N5O/c1-7-4-5-15-10-9(7)16-11(14)17(10)12(2,3)6-8(13)18/h4-5H,6H2,1-3H3,(H2,13,18)(H2,14,16). The maximum absolute atomic E-state index is 11.2. The molecule has 0 saturated heterocycles. The number of carbonyl (C=O) groups is 1. The molecule has 0 aliphatic carbocycles. The topological polar surface area (TPSA) is 99.8 Å². The predicted molar refractivity (Wildman–Crippen MR) is 69.8 cm³/mol. The van der Waals surface area contributed by atoms with Crippen molar-refractivity contribution in [3.8, 4) is 0 Å². The zero-order chi connectivity index (χ0) is 13.5. The molecular formula is C12H17N5O. The second-order valence-electron chi connectivity index (χ2n) is 5.06. The number of primary amides is 1. The van der Waals surface area contributed by atoms with Crippen LogP contribution in [0.5, 0.6) is 0 Å². The summed E-state index contributed by atoms with van der Waals surface area (Å²) in [6.45, 7) is 5.72. The molecule has 4 N–H and O–H groups in total. The van der Waals surface area contributed by atoms with Crippen LogP contribution >= 0.6 is 0 Å². The van der Waals surface area contributed by atoms with Crippen molar-refractivity contribution in [3.63, 3.8) is 0 Å². The Morgan fingerprint density at radius 2 is 2.17 bits per heavy atom. The van der Waals surface area contributed by atoms with Gasteiger partial charge in [0.2, 0.25) is 11.9 Å². The lowest BCUT2D eigenvalue weighted by Crippen LogP contribution is -2.33. The number of amides is 1. The van der Waals surface area contributed by atoms with E-state index in [1.54, 1.807) is 10.8 Å². The SMILES string of the molecule is Cc1ccnc2c1nc(N)n2C(C)(C)CC(N)=O. The highest BCUT2D eigenvalue weighted by Gasteiger charge is 2.28. The largest absolute Gasteiger partial charge is 0.370 e. The quantitative estimate of drug-likeness (QED) is 0.842. The van der Waals surface area contributed by atoms with E-state index in [1.807, 2.05) is 26.8 Å². The molecule has 2 heterocycles. The first-order valence-electron chi connectivity index (χ1n) is 5.71. The highest BCUT2D eigenvalue weighted by molar-refractivity contribution is 5.79. The molecule has 1 amide bonds. The molecular weight excluding hydrogens is 230 g/mol. The first kappa shape index (κ1) is 12.3. The van der Waals surface area contributed by atoms with Crippen molar-refractivity contribution in [2.45, 2.75) is 32.7 Å². The van der Waals surface area contributed by atoms with Crippen molar-refractivity contribution in [1.29, 1.82) is 0 Å². The van der Waals surface area contributed by atoms with Gasteiger partial charge in [0.25, 0.3) is 0 Å². The van der Waals surface area contributed by atoms with Gasteiger partial charge >= 0.3 is 0 Å². The van der Waals surface area contributed by atoms with Crippen molar-refractivity contribution in [3.05, 3.63) is 17.8 Å². The number of nitrogens with two attached hydrogens (primary N) is 2. The Labute approximate surface area is 105 Å². The van der Waals surface area contributed by atoms with E-state index in [0.29, 0.717) is 11.6 Å². The first-order valence-corrected chi connectivity index (χ1v) is 5.71. The van der Waals surface area contributed by atoms with Crippen LogP contribution in [0, 0.1) is 6.92 Å². The highest BCUT2D eigenvalue weighted by atomic mass is 16.1. The smallest absolute Gasteiger partial charge is 0.219 e. The molecule has 0 bridgehead atoms. The monoisotopic (exact) mass is 247 g/mol. The maximum Gasteiger partial charge on any atom is 0.219 e. The van der Waals surface area contributed by atoms with Crippen LogP contribution in [0.15, 0.2) is 12.3 Å². The number of hydrogen-bond donors (Lipinski definition) is 2. The predicted octanol–water partition coefficient (Wildman–Crippen LogP) is 0.932. The number of nitrogen functional groups attached to an aromatic ring is 1. The molecule has 0 aliphatic rings. The number of aromatic nitrogens is 3. The van der Waals surface area contributed by atoms with E-state index < -0.39 is 5.54 Å². The Hall–Kier alpha value is -2.11. The third-order valence-electron chi connectivity index (χ3n) is 2.99. The van der Waals surface area contributed by atoms with Gasteiger partial charge in [0.05, 0.1) is 5.54 Å². The minimum Gasteiger partial charge on any atom is -0.370 e. The van der Waals surface area contributed by atoms with E-state index in [1.165, 1.54) is 0 Å². The molecule has 0 atom stereocenters. The van der Waals surface area contributed by atoms with Gasteiger partial charge in [-0.05, 0) is 32.4 Å². The number of nitrogens with zero attached hydrogens (tertiary/aromatic N) is 3. The summed E-state index contributed by atoms with van der Waals surface area (Å²) in [5.41, 5.74) is 13.1. The van der Waals surface area contributed by atoms with Crippen molar-refractivity contribution in [1.82, 2.24) is 14.5 Å². The number of rotatable bonds is 3. The van der Waals surface area contributed by atoms with Crippen molar-refractivity contribution < 1.29 is 4.79 Å². The van der Waals surface area contributed by atoms with Crippen LogP contribution in [0.4, 0.5) is 5.95 Å². The molecule has 6 nitrogen and oxygen atoms in total. The number of anilines is 1. The summed E-state index contributed by atoms with van der Waals surface area (Å²) >= 11 is 0. The molecule has 0 aromatic carbocycles. The third-order valence-corrected chi connectivity index (χ3v) is 2.99. The zero-order valence-corrected chi connectivity index (χ0v) is 10.8. The molecule has 2 aromatic rings. The van der Waals surface area contributed by atoms with Crippen LogP contribution in [0.3, 0.4) is 0 Å². The van der Waals surface area contributed by atoms with Crippen molar-refractivity contribution in [2.75, 3.05) is 5.73 Å². The summed E-state index contributed by atoms with van der Waals surface area (Å²) < 4.78 is 1.76. The molecule has 0 unspecified atom stereocenters. The molecule has 2 aromatic heterocycles. The van der Waals surface area contributed by atoms with E-state index in [4.69, 9.17) is 11.5 Å². The van der Waals surface area contributed by atoms with Gasteiger partial charge in [-0.1, -0.05) is 0 Å². The van der Waals surface area contributed by atoms with Crippen LogP contribution in [0.25, 0.3) is 11.2 Å². The number of carbonyl (C=O) groups excluding carboxylic acids is 1. The van der Waals surface area contributed by atoms with Gasteiger partial charge in [-0.2, -0.15) is 0 Å². The fraction of sp³-hybridized carbons (Fsp3) is 0.417. The Balaban J connectivity index is 2.67. The summed E-state index contributed by atoms with van der Waals surface area (Å²) in [5.74, 6) is -0.0352. The number of imidazole rings is 1. The molecule has 0 aliphatic heterocycles. The second kappa shape index (κ2) is 3.97.